The average Bonchev–Trinajstić information content (AvgIpc) is 2.16. The van der Waals surface area contributed by atoms with Crippen molar-refractivity contribution in [2.75, 3.05) is 31.9 Å². The van der Waals surface area contributed by atoms with E-state index in [4.69, 9.17) is 0 Å². The average molecular weight is 257 g/mol. The molecule has 1 fully saturated rings. The van der Waals surface area contributed by atoms with Gasteiger partial charge in [0.15, 0.2) is 0 Å². The summed E-state index contributed by atoms with van der Waals surface area (Å²) in [5, 5.41) is 3.15. The third-order valence-electron chi connectivity index (χ3n) is 2.42. The molecule has 0 aromatic heterocycles. The van der Waals surface area contributed by atoms with E-state index in [-0.39, 0.29) is 12.4 Å². The van der Waals surface area contributed by atoms with Crippen LogP contribution in [0.15, 0.2) is 0 Å². The van der Waals surface area contributed by atoms with Crippen molar-refractivity contribution < 1.29 is 8.42 Å². The van der Waals surface area contributed by atoms with Gasteiger partial charge < -0.3 is 5.32 Å². The predicted octanol–water partition coefficient (Wildman–Crippen LogP) is 0.689. The third-order valence-corrected chi connectivity index (χ3v) is 4.33. The van der Waals surface area contributed by atoms with E-state index in [0.717, 1.165) is 19.5 Å². The Labute approximate surface area is 98.9 Å². The molecule has 0 aliphatic carbocycles. The molecule has 6 heteroatoms. The molecule has 1 aliphatic heterocycles. The molecule has 1 heterocycles. The van der Waals surface area contributed by atoms with E-state index in [1.54, 1.807) is 4.31 Å². The molecule has 0 aromatic rings. The summed E-state index contributed by atoms with van der Waals surface area (Å²) >= 11 is 0. The van der Waals surface area contributed by atoms with Crippen LogP contribution in [0, 0.1) is 5.92 Å². The zero-order chi connectivity index (χ0) is 10.6. The van der Waals surface area contributed by atoms with Crippen molar-refractivity contribution >= 4 is 22.4 Å². The summed E-state index contributed by atoms with van der Waals surface area (Å²) in [4.78, 5) is 0. The van der Waals surface area contributed by atoms with Gasteiger partial charge in [0, 0.05) is 26.2 Å². The van der Waals surface area contributed by atoms with Gasteiger partial charge in [0.05, 0.1) is 5.75 Å². The fourth-order valence-electron chi connectivity index (χ4n) is 1.44. The number of piperazine rings is 1. The number of hydrogen-bond donors (Lipinski definition) is 1. The van der Waals surface area contributed by atoms with Crippen LogP contribution in [0.4, 0.5) is 0 Å². The van der Waals surface area contributed by atoms with Gasteiger partial charge >= 0.3 is 0 Å². The van der Waals surface area contributed by atoms with Crippen molar-refractivity contribution in [3.63, 3.8) is 0 Å². The zero-order valence-corrected chi connectivity index (χ0v) is 11.0. The fraction of sp³-hybridized carbons (Fsp3) is 1.00. The lowest BCUT2D eigenvalue weighted by Crippen LogP contribution is -2.47. The summed E-state index contributed by atoms with van der Waals surface area (Å²) in [6.45, 7) is 6.91. The molecule has 0 aromatic carbocycles. The predicted molar refractivity (Wildman–Crippen MR) is 64.9 cm³/mol. The SMILES string of the molecule is CC(C)CCS(=O)(=O)N1CCNCC1.Cl. The summed E-state index contributed by atoms with van der Waals surface area (Å²) in [7, 11) is -2.99. The summed E-state index contributed by atoms with van der Waals surface area (Å²) in [5.41, 5.74) is 0. The van der Waals surface area contributed by atoms with Crippen molar-refractivity contribution in [1.29, 1.82) is 0 Å². The Hall–Kier alpha value is 0.160. The molecule has 4 nitrogen and oxygen atoms in total. The summed E-state index contributed by atoms with van der Waals surface area (Å²) < 4.78 is 25.2. The topological polar surface area (TPSA) is 49.4 Å². The Morgan fingerprint density at radius 3 is 2.27 bits per heavy atom. The van der Waals surface area contributed by atoms with E-state index in [9.17, 15) is 8.42 Å². The van der Waals surface area contributed by atoms with Crippen molar-refractivity contribution in [2.24, 2.45) is 5.92 Å². The zero-order valence-electron chi connectivity index (χ0n) is 9.40. The van der Waals surface area contributed by atoms with Crippen molar-refractivity contribution in [3.8, 4) is 0 Å². The maximum absolute atomic E-state index is 11.8. The van der Waals surface area contributed by atoms with Crippen LogP contribution in [-0.4, -0.2) is 44.7 Å². The van der Waals surface area contributed by atoms with E-state index < -0.39 is 10.0 Å². The van der Waals surface area contributed by atoms with Crippen molar-refractivity contribution in [2.45, 2.75) is 20.3 Å². The minimum absolute atomic E-state index is 0. The highest BCUT2D eigenvalue weighted by Crippen LogP contribution is 2.08. The van der Waals surface area contributed by atoms with Crippen LogP contribution in [0.3, 0.4) is 0 Å². The number of halogens is 1. The number of rotatable bonds is 4. The minimum Gasteiger partial charge on any atom is -0.314 e. The standard InChI is InChI=1S/C9H20N2O2S.ClH/c1-9(2)3-8-14(12,13)11-6-4-10-5-7-11;/h9-10H,3-8H2,1-2H3;1H. The van der Waals surface area contributed by atoms with E-state index in [2.05, 4.69) is 5.32 Å². The molecule has 0 spiro atoms. The van der Waals surface area contributed by atoms with Gasteiger partial charge in [-0.05, 0) is 12.3 Å². The first-order valence-electron chi connectivity index (χ1n) is 5.21. The monoisotopic (exact) mass is 256 g/mol. The van der Waals surface area contributed by atoms with Crippen LogP contribution in [0.1, 0.15) is 20.3 Å². The molecule has 15 heavy (non-hydrogen) atoms. The van der Waals surface area contributed by atoms with Gasteiger partial charge in [-0.25, -0.2) is 8.42 Å². The number of hydrogen-bond acceptors (Lipinski definition) is 3. The van der Waals surface area contributed by atoms with E-state index in [0.29, 0.717) is 24.8 Å². The van der Waals surface area contributed by atoms with Gasteiger partial charge in [-0.3, -0.25) is 0 Å². The minimum atomic E-state index is -2.99. The number of sulfonamides is 1. The lowest BCUT2D eigenvalue weighted by atomic mass is 10.2. The first-order valence-corrected chi connectivity index (χ1v) is 6.82. The Bertz CT molecular complexity index is 261. The van der Waals surface area contributed by atoms with Gasteiger partial charge in [0.25, 0.3) is 0 Å². The molecule has 0 unspecified atom stereocenters. The molecule has 1 aliphatic rings. The van der Waals surface area contributed by atoms with Gasteiger partial charge in [-0.1, -0.05) is 13.8 Å². The summed E-state index contributed by atoms with van der Waals surface area (Å²) in [6.07, 6.45) is 0.756. The molecule has 1 rings (SSSR count). The Kier molecular flexibility index (Phi) is 6.75. The van der Waals surface area contributed by atoms with Crippen LogP contribution >= 0.6 is 12.4 Å². The summed E-state index contributed by atoms with van der Waals surface area (Å²) in [6, 6.07) is 0. The normalized spacial score (nSPS) is 18.9. The Morgan fingerprint density at radius 2 is 1.80 bits per heavy atom. The van der Waals surface area contributed by atoms with Crippen LogP contribution < -0.4 is 5.32 Å². The van der Waals surface area contributed by atoms with E-state index >= 15 is 0 Å². The highest BCUT2D eigenvalue weighted by molar-refractivity contribution is 7.89. The second-order valence-corrected chi connectivity index (χ2v) is 6.24. The molecule has 0 saturated carbocycles. The lowest BCUT2D eigenvalue weighted by molar-refractivity contribution is 0.358. The molecule has 1 N–H and O–H groups in total. The number of nitrogens with zero attached hydrogens (tertiary/aromatic N) is 1. The second-order valence-electron chi connectivity index (χ2n) is 4.15. The van der Waals surface area contributed by atoms with Crippen molar-refractivity contribution in [1.82, 2.24) is 9.62 Å². The Balaban J connectivity index is 0.00000196. The molecule has 1 saturated heterocycles. The van der Waals surface area contributed by atoms with Crippen LogP contribution in [0.25, 0.3) is 0 Å². The van der Waals surface area contributed by atoms with Gasteiger partial charge in [0.2, 0.25) is 10.0 Å². The first kappa shape index (κ1) is 15.2. The molecular weight excluding hydrogens is 236 g/mol. The van der Waals surface area contributed by atoms with E-state index in [1.165, 1.54) is 0 Å². The van der Waals surface area contributed by atoms with Gasteiger partial charge in [-0.2, -0.15) is 4.31 Å². The van der Waals surface area contributed by atoms with Crippen LogP contribution in [0.5, 0.6) is 0 Å². The highest BCUT2D eigenvalue weighted by atomic mass is 35.5. The molecule has 92 valence electrons. The molecule has 0 bridgehead atoms. The van der Waals surface area contributed by atoms with Gasteiger partial charge in [0.1, 0.15) is 0 Å². The lowest BCUT2D eigenvalue weighted by Gasteiger charge is -2.26. The smallest absolute Gasteiger partial charge is 0.214 e. The second kappa shape index (κ2) is 6.68. The van der Waals surface area contributed by atoms with E-state index in [1.807, 2.05) is 13.8 Å². The molecule has 0 radical (unpaired) electrons. The third kappa shape index (κ3) is 5.15. The van der Waals surface area contributed by atoms with Crippen LogP contribution in [-0.2, 0) is 10.0 Å². The van der Waals surface area contributed by atoms with Gasteiger partial charge in [-0.15, -0.1) is 12.4 Å². The molecule has 0 atom stereocenters. The maximum Gasteiger partial charge on any atom is 0.214 e. The largest absolute Gasteiger partial charge is 0.314 e. The highest BCUT2D eigenvalue weighted by Gasteiger charge is 2.23. The Morgan fingerprint density at radius 1 is 1.27 bits per heavy atom. The van der Waals surface area contributed by atoms with Crippen LogP contribution in [0.2, 0.25) is 0 Å². The van der Waals surface area contributed by atoms with Crippen molar-refractivity contribution in [3.05, 3.63) is 0 Å². The maximum atomic E-state index is 11.8. The summed E-state index contributed by atoms with van der Waals surface area (Å²) in [5.74, 6) is 0.748. The fourth-order valence-corrected chi connectivity index (χ4v) is 3.20. The number of nitrogens with one attached hydrogen (secondary N) is 1. The molecule has 0 amide bonds. The first-order chi connectivity index (χ1) is 6.52. The molecular formula is C9H21ClN2O2S. The quantitative estimate of drug-likeness (QED) is 0.805.